The largest absolute Gasteiger partial charge is 0.355 e. The van der Waals surface area contributed by atoms with Gasteiger partial charge < -0.3 is 10.2 Å². The lowest BCUT2D eigenvalue weighted by atomic mass is 10.1. The Balaban J connectivity index is 2.25. The lowest BCUT2D eigenvalue weighted by Gasteiger charge is -2.31. The number of anilines is 1. The fourth-order valence-corrected chi connectivity index (χ4v) is 5.22. The Hall–Kier alpha value is -2.58. The molecule has 0 unspecified atom stereocenters. The molecule has 2 amide bonds. The summed E-state index contributed by atoms with van der Waals surface area (Å²) < 4.78 is 26.5. The van der Waals surface area contributed by atoms with E-state index in [2.05, 4.69) is 5.32 Å². The number of likely N-dealkylation sites (N-methyl/N-ethyl adjacent to an activating group) is 1. The van der Waals surface area contributed by atoms with Crippen LogP contribution in [-0.4, -0.2) is 50.5 Å². The second kappa shape index (κ2) is 12.9. The monoisotopic (exact) mass is 521 g/mol. The molecule has 1 atom stereocenters. The van der Waals surface area contributed by atoms with Crippen LogP contribution in [0.25, 0.3) is 0 Å². The molecular formula is C26H36ClN3O4S. The van der Waals surface area contributed by atoms with Crippen molar-refractivity contribution in [3.05, 3.63) is 64.2 Å². The quantitative estimate of drug-likeness (QED) is 0.447. The summed E-state index contributed by atoms with van der Waals surface area (Å²) in [5.41, 5.74) is 3.23. The van der Waals surface area contributed by atoms with Crippen LogP contribution in [0.15, 0.2) is 42.5 Å². The summed E-state index contributed by atoms with van der Waals surface area (Å²) in [5, 5.41) is 3.33. The molecule has 2 aromatic carbocycles. The number of nitrogens with one attached hydrogen (secondary N) is 1. The van der Waals surface area contributed by atoms with Crippen molar-refractivity contribution in [2.45, 2.75) is 59.5 Å². The standard InChI is InChI=1S/C26H36ClN3O4S/c1-6-23(26(32)28-7-2)29(18-21-13-8-9-14-22(21)27)25(31)16-11-17-30(35(5,33)34)24-15-10-12-19(3)20(24)4/h8-10,12-15,23H,6-7,11,16-18H2,1-5H3,(H,28,32)/t23-/m0/s1. The Bertz CT molecular complexity index is 1140. The normalized spacial score (nSPS) is 12.2. The molecule has 1 N–H and O–H groups in total. The third-order valence-electron chi connectivity index (χ3n) is 6.03. The average molecular weight is 522 g/mol. The zero-order valence-corrected chi connectivity index (χ0v) is 22.7. The Morgan fingerprint density at radius 1 is 1.06 bits per heavy atom. The molecule has 0 radical (unpaired) electrons. The number of carbonyl (C=O) groups is 2. The number of sulfonamides is 1. The van der Waals surface area contributed by atoms with Crippen LogP contribution in [0.1, 0.15) is 49.8 Å². The fourth-order valence-electron chi connectivity index (χ4n) is 4.01. The smallest absolute Gasteiger partial charge is 0.242 e. The number of hydrogen-bond donors (Lipinski definition) is 1. The molecule has 0 saturated carbocycles. The van der Waals surface area contributed by atoms with Gasteiger partial charge in [0, 0.05) is 31.1 Å². The Labute approximate surface area is 214 Å². The molecule has 0 aliphatic heterocycles. The van der Waals surface area contributed by atoms with Crippen molar-refractivity contribution in [3.63, 3.8) is 0 Å². The molecule has 7 nitrogen and oxygen atoms in total. The van der Waals surface area contributed by atoms with Crippen LogP contribution in [0.5, 0.6) is 0 Å². The van der Waals surface area contributed by atoms with Gasteiger partial charge in [0.2, 0.25) is 21.8 Å². The Morgan fingerprint density at radius 3 is 2.34 bits per heavy atom. The maximum atomic E-state index is 13.4. The van der Waals surface area contributed by atoms with E-state index in [9.17, 15) is 18.0 Å². The summed E-state index contributed by atoms with van der Waals surface area (Å²) in [6, 6.07) is 12.1. The summed E-state index contributed by atoms with van der Waals surface area (Å²) in [6.45, 7) is 8.33. The van der Waals surface area contributed by atoms with Crippen molar-refractivity contribution < 1.29 is 18.0 Å². The van der Waals surface area contributed by atoms with E-state index >= 15 is 0 Å². The van der Waals surface area contributed by atoms with Crippen molar-refractivity contribution in [1.82, 2.24) is 10.2 Å². The van der Waals surface area contributed by atoms with Gasteiger partial charge in [-0.15, -0.1) is 0 Å². The predicted molar refractivity (Wildman–Crippen MR) is 142 cm³/mol. The summed E-state index contributed by atoms with van der Waals surface area (Å²) in [7, 11) is -3.54. The molecule has 2 aromatic rings. The number of carbonyl (C=O) groups excluding carboxylic acids is 2. The average Bonchev–Trinajstić information content (AvgIpc) is 2.79. The minimum atomic E-state index is -3.54. The third-order valence-corrected chi connectivity index (χ3v) is 7.58. The van der Waals surface area contributed by atoms with Gasteiger partial charge in [0.05, 0.1) is 11.9 Å². The molecular weight excluding hydrogens is 486 g/mol. The Morgan fingerprint density at radius 2 is 1.74 bits per heavy atom. The van der Waals surface area contributed by atoms with Gasteiger partial charge in [-0.05, 0) is 62.4 Å². The van der Waals surface area contributed by atoms with Crippen molar-refractivity contribution in [2.75, 3.05) is 23.7 Å². The fraction of sp³-hybridized carbons (Fsp3) is 0.462. The van der Waals surface area contributed by atoms with Gasteiger partial charge in [-0.25, -0.2) is 8.42 Å². The van der Waals surface area contributed by atoms with Gasteiger partial charge in [-0.3, -0.25) is 13.9 Å². The number of nitrogens with zero attached hydrogens (tertiary/aromatic N) is 2. The number of benzene rings is 2. The van der Waals surface area contributed by atoms with Crippen molar-refractivity contribution in [3.8, 4) is 0 Å². The zero-order chi connectivity index (χ0) is 26.2. The maximum absolute atomic E-state index is 13.4. The highest BCUT2D eigenvalue weighted by Crippen LogP contribution is 2.26. The van der Waals surface area contributed by atoms with Gasteiger partial charge in [-0.1, -0.05) is 48.9 Å². The minimum absolute atomic E-state index is 0.0945. The van der Waals surface area contributed by atoms with E-state index in [0.717, 1.165) is 16.7 Å². The lowest BCUT2D eigenvalue weighted by molar-refractivity contribution is -0.141. The van der Waals surface area contributed by atoms with Gasteiger partial charge in [0.25, 0.3) is 0 Å². The van der Waals surface area contributed by atoms with Gasteiger partial charge in [0.15, 0.2) is 0 Å². The lowest BCUT2D eigenvalue weighted by Crippen LogP contribution is -2.49. The van der Waals surface area contributed by atoms with Crippen LogP contribution in [0, 0.1) is 13.8 Å². The molecule has 0 aliphatic rings. The first kappa shape index (κ1) is 28.7. The summed E-state index contributed by atoms with van der Waals surface area (Å²) in [5.74, 6) is -0.444. The molecule has 9 heteroatoms. The SMILES string of the molecule is CCNC(=O)[C@H](CC)N(Cc1ccccc1Cl)C(=O)CCCN(c1cccc(C)c1C)S(C)(=O)=O. The second-order valence-electron chi connectivity index (χ2n) is 8.59. The van der Waals surface area contributed by atoms with Crippen LogP contribution >= 0.6 is 11.6 Å². The third kappa shape index (κ3) is 7.70. The van der Waals surface area contributed by atoms with E-state index in [1.165, 1.54) is 10.6 Å². The summed E-state index contributed by atoms with van der Waals surface area (Å²) in [6.07, 6.45) is 2.02. The second-order valence-corrected chi connectivity index (χ2v) is 10.9. The van der Waals surface area contributed by atoms with Crippen LogP contribution in [0.3, 0.4) is 0 Å². The van der Waals surface area contributed by atoms with Gasteiger partial charge in [0.1, 0.15) is 6.04 Å². The van der Waals surface area contributed by atoms with Crippen LogP contribution in [0.4, 0.5) is 5.69 Å². The van der Waals surface area contributed by atoms with Gasteiger partial charge in [-0.2, -0.15) is 0 Å². The summed E-state index contributed by atoms with van der Waals surface area (Å²) in [4.78, 5) is 27.7. The van der Waals surface area contributed by atoms with E-state index < -0.39 is 16.1 Å². The molecule has 0 heterocycles. The molecule has 0 fully saturated rings. The Kier molecular flexibility index (Phi) is 10.6. The van der Waals surface area contributed by atoms with Crippen LogP contribution in [-0.2, 0) is 26.2 Å². The van der Waals surface area contributed by atoms with Crippen molar-refractivity contribution in [2.24, 2.45) is 0 Å². The summed E-state index contributed by atoms with van der Waals surface area (Å²) >= 11 is 6.34. The first-order chi connectivity index (χ1) is 16.5. The molecule has 0 bridgehead atoms. The molecule has 0 saturated heterocycles. The minimum Gasteiger partial charge on any atom is -0.355 e. The van der Waals surface area contributed by atoms with Crippen molar-refractivity contribution in [1.29, 1.82) is 0 Å². The first-order valence-electron chi connectivity index (χ1n) is 11.9. The molecule has 2 rings (SSSR count). The van der Waals surface area contributed by atoms with E-state index in [-0.39, 0.29) is 31.3 Å². The number of halogens is 1. The number of rotatable bonds is 12. The highest BCUT2D eigenvalue weighted by Gasteiger charge is 2.29. The van der Waals surface area contributed by atoms with E-state index in [4.69, 9.17) is 11.6 Å². The number of hydrogen-bond acceptors (Lipinski definition) is 4. The molecule has 192 valence electrons. The van der Waals surface area contributed by atoms with Crippen molar-refractivity contribution >= 4 is 39.1 Å². The maximum Gasteiger partial charge on any atom is 0.242 e. The van der Waals surface area contributed by atoms with Crippen LogP contribution < -0.4 is 9.62 Å². The zero-order valence-electron chi connectivity index (χ0n) is 21.2. The van der Waals surface area contributed by atoms with Gasteiger partial charge >= 0.3 is 0 Å². The van der Waals surface area contributed by atoms with E-state index in [1.54, 1.807) is 17.0 Å². The number of aryl methyl sites for hydroxylation is 1. The van der Waals surface area contributed by atoms with Crippen LogP contribution in [0.2, 0.25) is 5.02 Å². The topological polar surface area (TPSA) is 86.8 Å². The first-order valence-corrected chi connectivity index (χ1v) is 14.1. The molecule has 0 aromatic heterocycles. The molecule has 0 spiro atoms. The van der Waals surface area contributed by atoms with E-state index in [0.29, 0.717) is 30.1 Å². The molecule has 0 aliphatic carbocycles. The highest BCUT2D eigenvalue weighted by molar-refractivity contribution is 7.92. The van der Waals surface area contributed by atoms with E-state index in [1.807, 2.05) is 58.0 Å². The molecule has 35 heavy (non-hydrogen) atoms. The number of amides is 2. The predicted octanol–water partition coefficient (Wildman–Crippen LogP) is 4.45. The highest BCUT2D eigenvalue weighted by atomic mass is 35.5.